The molecule has 204 valence electrons. The number of carbonyl (C=O) groups excluding carboxylic acids is 4. The quantitative estimate of drug-likeness (QED) is 0.578. The second kappa shape index (κ2) is 10.3. The Morgan fingerprint density at radius 1 is 0.974 bits per heavy atom. The summed E-state index contributed by atoms with van der Waals surface area (Å²) in [4.78, 5) is 54.0. The number of imide groups is 2. The number of hydrogen-bond donors (Lipinski definition) is 1. The Morgan fingerprint density at radius 3 is 2.51 bits per heavy atom. The van der Waals surface area contributed by atoms with E-state index in [0.29, 0.717) is 23.0 Å². The lowest BCUT2D eigenvalue weighted by Crippen LogP contribution is -2.54. The number of ether oxygens (including phenoxy) is 1. The van der Waals surface area contributed by atoms with Gasteiger partial charge in [0, 0.05) is 19.6 Å². The summed E-state index contributed by atoms with van der Waals surface area (Å²) in [6.07, 6.45) is 5.25. The Kier molecular flexibility index (Phi) is 6.85. The van der Waals surface area contributed by atoms with Crippen molar-refractivity contribution < 1.29 is 23.9 Å². The van der Waals surface area contributed by atoms with Crippen molar-refractivity contribution in [2.45, 2.75) is 64.5 Å². The number of fused-ring (bicyclic) bond motifs is 1. The standard InChI is InChI=1S/C31H35N3O5/c1-20-17-21(6-8-23(20)18-33-14-11-31(12-15-33)13-16-39-19-31)5-7-22-3-2-4-24-27(22)30(38)34(29(24)37)25-9-10-26(35)32-28(25)36/h2-4,6,8,17,25H,5,7,9-16,18-19H2,1H3,(H,32,35,36). The molecule has 1 unspecified atom stereocenters. The predicted molar refractivity (Wildman–Crippen MR) is 144 cm³/mol. The van der Waals surface area contributed by atoms with Gasteiger partial charge in [-0.3, -0.25) is 34.3 Å². The van der Waals surface area contributed by atoms with Crippen LogP contribution < -0.4 is 5.32 Å². The molecule has 1 N–H and O–H groups in total. The SMILES string of the molecule is Cc1cc(CCc2cccc3c2C(=O)N(C2CCC(=O)NC2=O)C3=O)ccc1CN1CCC2(CCOC2)CC1. The lowest BCUT2D eigenvalue weighted by molar-refractivity contribution is -0.136. The van der Waals surface area contributed by atoms with Crippen LogP contribution in [0.5, 0.6) is 0 Å². The molecule has 39 heavy (non-hydrogen) atoms. The van der Waals surface area contributed by atoms with Gasteiger partial charge in [-0.15, -0.1) is 0 Å². The molecule has 4 heterocycles. The van der Waals surface area contributed by atoms with Gasteiger partial charge in [0.1, 0.15) is 6.04 Å². The van der Waals surface area contributed by atoms with Crippen LogP contribution in [0.1, 0.15) is 75.1 Å². The smallest absolute Gasteiger partial charge is 0.262 e. The summed E-state index contributed by atoms with van der Waals surface area (Å²) < 4.78 is 5.67. The minimum atomic E-state index is -0.949. The molecule has 0 bridgehead atoms. The lowest BCUT2D eigenvalue weighted by atomic mass is 9.78. The molecule has 2 aromatic carbocycles. The van der Waals surface area contributed by atoms with Gasteiger partial charge >= 0.3 is 0 Å². The van der Waals surface area contributed by atoms with Gasteiger partial charge in [-0.2, -0.15) is 0 Å². The highest BCUT2D eigenvalue weighted by Gasteiger charge is 2.45. The number of benzene rings is 2. The molecule has 1 spiro atoms. The van der Waals surface area contributed by atoms with Crippen LogP contribution >= 0.6 is 0 Å². The number of aryl methyl sites for hydroxylation is 3. The molecule has 4 amide bonds. The van der Waals surface area contributed by atoms with Gasteiger partial charge in [0.2, 0.25) is 11.8 Å². The molecule has 0 radical (unpaired) electrons. The number of nitrogens with zero attached hydrogens (tertiary/aromatic N) is 2. The molecule has 1 atom stereocenters. The van der Waals surface area contributed by atoms with Crippen LogP contribution in [0.15, 0.2) is 36.4 Å². The minimum absolute atomic E-state index is 0.111. The first kappa shape index (κ1) is 25.9. The van der Waals surface area contributed by atoms with Crippen molar-refractivity contribution in [2.75, 3.05) is 26.3 Å². The van der Waals surface area contributed by atoms with E-state index in [9.17, 15) is 19.2 Å². The number of likely N-dealkylation sites (tertiary alicyclic amines) is 1. The van der Waals surface area contributed by atoms with Gasteiger partial charge in [-0.05, 0) is 92.3 Å². The molecule has 8 nitrogen and oxygen atoms in total. The summed E-state index contributed by atoms with van der Waals surface area (Å²) in [7, 11) is 0. The van der Waals surface area contributed by atoms with Gasteiger partial charge in [0.15, 0.2) is 0 Å². The van der Waals surface area contributed by atoms with Crippen LogP contribution in [0.2, 0.25) is 0 Å². The maximum Gasteiger partial charge on any atom is 0.262 e. The summed E-state index contributed by atoms with van der Waals surface area (Å²) in [5.74, 6) is -1.87. The fourth-order valence-electron chi connectivity index (χ4n) is 6.63. The zero-order valence-corrected chi connectivity index (χ0v) is 22.5. The first-order valence-electron chi connectivity index (χ1n) is 14.1. The van der Waals surface area contributed by atoms with Gasteiger partial charge in [-0.1, -0.05) is 30.3 Å². The lowest BCUT2D eigenvalue weighted by Gasteiger charge is -2.38. The molecule has 6 rings (SSSR count). The average molecular weight is 530 g/mol. The molecule has 2 aromatic rings. The van der Waals surface area contributed by atoms with Gasteiger partial charge in [0.05, 0.1) is 17.7 Å². The second-order valence-electron chi connectivity index (χ2n) is 11.6. The fraction of sp³-hybridized carbons (Fsp3) is 0.484. The number of nitrogens with one attached hydrogen (secondary N) is 1. The number of piperidine rings is 2. The Morgan fingerprint density at radius 2 is 1.79 bits per heavy atom. The summed E-state index contributed by atoms with van der Waals surface area (Å²) in [5, 5.41) is 2.25. The molecule has 0 saturated carbocycles. The topological polar surface area (TPSA) is 96.0 Å². The fourth-order valence-corrected chi connectivity index (χ4v) is 6.63. The summed E-state index contributed by atoms with van der Waals surface area (Å²) in [6, 6.07) is 11.0. The number of carbonyl (C=O) groups is 4. The van der Waals surface area contributed by atoms with Crippen LogP contribution in [0, 0.1) is 12.3 Å². The third-order valence-electron chi connectivity index (χ3n) is 9.14. The predicted octanol–water partition coefficient (Wildman–Crippen LogP) is 3.18. The van der Waals surface area contributed by atoms with Crippen LogP contribution in [-0.4, -0.2) is 65.8 Å². The second-order valence-corrected chi connectivity index (χ2v) is 11.6. The van der Waals surface area contributed by atoms with Crippen LogP contribution in [-0.2, 0) is 33.7 Å². The zero-order valence-electron chi connectivity index (χ0n) is 22.5. The third kappa shape index (κ3) is 4.92. The van der Waals surface area contributed by atoms with Crippen molar-refractivity contribution >= 4 is 23.6 Å². The Hall–Kier alpha value is -3.36. The molecule has 3 saturated heterocycles. The molecule has 0 aliphatic carbocycles. The Balaban J connectivity index is 1.11. The maximum absolute atomic E-state index is 13.4. The van der Waals surface area contributed by atoms with E-state index in [4.69, 9.17) is 4.74 Å². The Labute approximate surface area is 228 Å². The third-order valence-corrected chi connectivity index (χ3v) is 9.14. The van der Waals surface area contributed by atoms with Crippen LogP contribution in [0.25, 0.3) is 0 Å². The highest BCUT2D eigenvalue weighted by atomic mass is 16.5. The average Bonchev–Trinajstić information content (AvgIpc) is 3.48. The van der Waals surface area contributed by atoms with E-state index in [0.717, 1.165) is 49.7 Å². The van der Waals surface area contributed by atoms with E-state index < -0.39 is 23.8 Å². The van der Waals surface area contributed by atoms with E-state index in [1.807, 2.05) is 6.07 Å². The largest absolute Gasteiger partial charge is 0.381 e. The van der Waals surface area contributed by atoms with Crippen molar-refractivity contribution in [3.63, 3.8) is 0 Å². The Bertz CT molecular complexity index is 1340. The monoisotopic (exact) mass is 529 g/mol. The van der Waals surface area contributed by atoms with Gasteiger partial charge in [-0.25, -0.2) is 0 Å². The van der Waals surface area contributed by atoms with Crippen molar-refractivity contribution in [1.82, 2.24) is 15.1 Å². The van der Waals surface area contributed by atoms with Crippen molar-refractivity contribution in [1.29, 1.82) is 0 Å². The van der Waals surface area contributed by atoms with Gasteiger partial charge < -0.3 is 4.74 Å². The zero-order chi connectivity index (χ0) is 27.1. The minimum Gasteiger partial charge on any atom is -0.381 e. The number of amides is 4. The highest BCUT2D eigenvalue weighted by molar-refractivity contribution is 6.24. The first-order valence-corrected chi connectivity index (χ1v) is 14.1. The van der Waals surface area contributed by atoms with E-state index >= 15 is 0 Å². The van der Waals surface area contributed by atoms with Crippen molar-refractivity contribution in [3.8, 4) is 0 Å². The van der Waals surface area contributed by atoms with Crippen molar-refractivity contribution in [3.05, 3.63) is 69.8 Å². The maximum atomic E-state index is 13.4. The molecule has 8 heteroatoms. The normalized spacial score (nSPS) is 23.0. The van der Waals surface area contributed by atoms with Gasteiger partial charge in [0.25, 0.3) is 11.8 Å². The molecular weight excluding hydrogens is 494 g/mol. The van der Waals surface area contributed by atoms with E-state index in [1.165, 1.54) is 36.0 Å². The van der Waals surface area contributed by atoms with E-state index in [-0.39, 0.29) is 18.7 Å². The van der Waals surface area contributed by atoms with Crippen LogP contribution in [0.3, 0.4) is 0 Å². The summed E-state index contributed by atoms with van der Waals surface area (Å²) in [6.45, 7) is 7.19. The number of rotatable bonds is 6. The molecule has 4 aliphatic heterocycles. The molecule has 4 aliphatic rings. The van der Waals surface area contributed by atoms with E-state index in [2.05, 4.69) is 35.3 Å². The highest BCUT2D eigenvalue weighted by Crippen LogP contribution is 2.39. The van der Waals surface area contributed by atoms with E-state index in [1.54, 1.807) is 12.1 Å². The first-order chi connectivity index (χ1) is 18.8. The van der Waals surface area contributed by atoms with Crippen molar-refractivity contribution in [2.24, 2.45) is 5.41 Å². The molecule has 0 aromatic heterocycles. The molecular formula is C31H35N3O5. The number of hydrogen-bond acceptors (Lipinski definition) is 6. The molecule has 3 fully saturated rings. The summed E-state index contributed by atoms with van der Waals surface area (Å²) in [5.41, 5.74) is 5.74. The van der Waals surface area contributed by atoms with Crippen LogP contribution in [0.4, 0.5) is 0 Å². The summed E-state index contributed by atoms with van der Waals surface area (Å²) >= 11 is 0.